The third-order valence-corrected chi connectivity index (χ3v) is 6.55. The van der Waals surface area contributed by atoms with Crippen LogP contribution in [-0.4, -0.2) is 14.2 Å². The molecule has 2 heterocycles. The molecular weight excluding hydrogens is 428 g/mol. The first-order valence-electron chi connectivity index (χ1n) is 11.1. The van der Waals surface area contributed by atoms with Crippen LogP contribution < -0.4 is 9.47 Å². The average Bonchev–Trinajstić information content (AvgIpc) is 3.45. The maximum atomic E-state index is 6.03. The van der Waals surface area contributed by atoms with Gasteiger partial charge in [0.15, 0.2) is 0 Å². The van der Waals surface area contributed by atoms with E-state index < -0.39 is 0 Å². The first-order chi connectivity index (χ1) is 16.2. The number of methoxy groups -OCH3 is 1. The molecule has 5 rings (SSSR count). The van der Waals surface area contributed by atoms with Gasteiger partial charge in [-0.15, -0.1) is 11.3 Å². The molecule has 4 nitrogen and oxygen atoms in total. The van der Waals surface area contributed by atoms with Gasteiger partial charge < -0.3 is 14.1 Å². The Morgan fingerprint density at radius 1 is 1.00 bits per heavy atom. The molecule has 5 heteroatoms. The van der Waals surface area contributed by atoms with Crippen LogP contribution in [0.25, 0.3) is 38.4 Å². The average molecular weight is 458 g/mol. The molecule has 3 aromatic carbocycles. The number of fused-ring (bicyclic) bond motifs is 2. The predicted molar refractivity (Wildman–Crippen MR) is 139 cm³/mol. The van der Waals surface area contributed by atoms with Crippen LogP contribution in [0.3, 0.4) is 0 Å². The molecule has 0 amide bonds. The zero-order chi connectivity index (χ0) is 23.4. The number of para-hydroxylation sites is 2. The number of aryl methyl sites for hydroxylation is 1. The van der Waals surface area contributed by atoms with E-state index in [1.807, 2.05) is 67.8 Å². The number of hydrogen-bond acceptors (Lipinski definition) is 4. The lowest BCUT2D eigenvalue weighted by molar-refractivity contribution is -0.652. The van der Waals surface area contributed by atoms with Gasteiger partial charge in [0.1, 0.15) is 13.1 Å². The smallest absolute Gasteiger partial charge is 0.379 e. The third-order valence-electron chi connectivity index (χ3n) is 5.58. The zero-order valence-corrected chi connectivity index (χ0v) is 20.5. The van der Waals surface area contributed by atoms with Gasteiger partial charge in [-0.05, 0) is 35.2 Å². The van der Waals surface area contributed by atoms with Crippen LogP contribution in [-0.2, 0) is 11.8 Å². The van der Waals surface area contributed by atoms with E-state index in [4.69, 9.17) is 9.15 Å². The number of nitrogens with zero attached hydrogens (tertiary/aromatic N) is 2. The Morgan fingerprint density at radius 3 is 2.55 bits per heavy atom. The maximum Gasteiger partial charge on any atom is 0.379 e. The fourth-order valence-corrected chi connectivity index (χ4v) is 4.83. The highest BCUT2D eigenvalue weighted by Gasteiger charge is 2.19. The summed E-state index contributed by atoms with van der Waals surface area (Å²) in [7, 11) is 5.68. The van der Waals surface area contributed by atoms with Crippen molar-refractivity contribution >= 4 is 44.3 Å². The minimum absolute atomic E-state index is 0.696. The Bertz CT molecular complexity index is 1410. The highest BCUT2D eigenvalue weighted by Crippen LogP contribution is 2.35. The summed E-state index contributed by atoms with van der Waals surface area (Å²) >= 11 is 1.77. The van der Waals surface area contributed by atoms with Gasteiger partial charge in [-0.1, -0.05) is 56.3 Å². The number of anilines is 1. The molecule has 0 saturated heterocycles. The van der Waals surface area contributed by atoms with E-state index in [1.54, 1.807) is 18.4 Å². The van der Waals surface area contributed by atoms with Crippen molar-refractivity contribution in [2.24, 2.45) is 7.05 Å². The molecule has 2 aromatic heterocycles. The quantitative estimate of drug-likeness (QED) is 0.206. The fourth-order valence-electron chi connectivity index (χ4n) is 3.86. The van der Waals surface area contributed by atoms with Crippen molar-refractivity contribution in [3.05, 3.63) is 90.0 Å². The Labute approximate surface area is 199 Å². The second-order valence-electron chi connectivity index (χ2n) is 7.41. The van der Waals surface area contributed by atoms with Gasteiger partial charge in [0.05, 0.1) is 7.11 Å². The van der Waals surface area contributed by atoms with Crippen LogP contribution in [0.1, 0.15) is 19.7 Å². The largest absolute Gasteiger partial charge is 0.482 e. The number of oxazole rings is 1. The monoisotopic (exact) mass is 457 g/mol. The molecule has 0 fully saturated rings. The minimum Gasteiger partial charge on any atom is -0.482 e. The van der Waals surface area contributed by atoms with E-state index in [0.29, 0.717) is 5.88 Å². The van der Waals surface area contributed by atoms with Crippen LogP contribution in [0.5, 0.6) is 0 Å². The molecule has 0 aliphatic carbocycles. The number of rotatable bonds is 5. The molecule has 5 aromatic rings. The van der Waals surface area contributed by atoms with Gasteiger partial charge in [-0.2, -0.15) is 4.57 Å². The predicted octanol–water partition coefficient (Wildman–Crippen LogP) is 7.25. The van der Waals surface area contributed by atoms with Gasteiger partial charge in [0.25, 0.3) is 5.52 Å². The summed E-state index contributed by atoms with van der Waals surface area (Å²) in [6, 6.07) is 25.0. The molecular formula is C28H29N2O2S+. The molecule has 0 spiro atoms. The number of benzene rings is 3. The van der Waals surface area contributed by atoms with E-state index in [9.17, 15) is 0 Å². The summed E-state index contributed by atoms with van der Waals surface area (Å²) in [4.78, 5) is 2.03. The van der Waals surface area contributed by atoms with Crippen LogP contribution in [0.2, 0.25) is 0 Å². The molecule has 0 atom stereocenters. The van der Waals surface area contributed by atoms with Crippen LogP contribution >= 0.6 is 11.3 Å². The lowest BCUT2D eigenvalue weighted by atomic mass is 10.0. The topological polar surface area (TPSA) is 29.5 Å². The summed E-state index contributed by atoms with van der Waals surface area (Å²) in [6.45, 7) is 4.00. The first kappa shape index (κ1) is 22.6. The first-order valence-corrected chi connectivity index (χ1v) is 12.0. The molecule has 0 bridgehead atoms. The minimum atomic E-state index is 0.696. The van der Waals surface area contributed by atoms with Crippen molar-refractivity contribution in [2.75, 3.05) is 19.1 Å². The Balaban J connectivity index is 0.00000126. The maximum absolute atomic E-state index is 6.03. The number of aromatic nitrogens is 1. The molecule has 0 radical (unpaired) electrons. The second-order valence-corrected chi connectivity index (χ2v) is 8.32. The normalized spacial score (nSPS) is 11.4. The van der Waals surface area contributed by atoms with Crippen molar-refractivity contribution in [2.45, 2.75) is 13.8 Å². The van der Waals surface area contributed by atoms with Crippen molar-refractivity contribution in [3.8, 4) is 11.1 Å². The highest BCUT2D eigenvalue weighted by atomic mass is 32.1. The summed E-state index contributed by atoms with van der Waals surface area (Å²) < 4.78 is 15.1. The number of ether oxygens (including phenoxy) is 1. The van der Waals surface area contributed by atoms with Crippen molar-refractivity contribution < 1.29 is 13.7 Å². The second kappa shape index (κ2) is 9.92. The van der Waals surface area contributed by atoms with E-state index >= 15 is 0 Å². The summed E-state index contributed by atoms with van der Waals surface area (Å²) in [5, 5.41) is 3.51. The van der Waals surface area contributed by atoms with Crippen molar-refractivity contribution in [1.29, 1.82) is 0 Å². The molecule has 0 aliphatic heterocycles. The molecule has 0 aliphatic rings. The van der Waals surface area contributed by atoms with E-state index in [0.717, 1.165) is 22.7 Å². The van der Waals surface area contributed by atoms with Gasteiger partial charge in [0, 0.05) is 34.5 Å². The zero-order valence-electron chi connectivity index (χ0n) is 19.7. The lowest BCUT2D eigenvalue weighted by Crippen LogP contribution is -2.30. The van der Waals surface area contributed by atoms with Gasteiger partial charge in [-0.3, -0.25) is 0 Å². The van der Waals surface area contributed by atoms with E-state index in [2.05, 4.69) is 53.9 Å². The summed E-state index contributed by atoms with van der Waals surface area (Å²) in [6.07, 6.45) is 1.92. The van der Waals surface area contributed by atoms with Crippen LogP contribution in [0, 0.1) is 0 Å². The molecule has 168 valence electrons. The highest BCUT2D eigenvalue weighted by molar-refractivity contribution is 7.17. The standard InChI is InChI=1S/C26H23N2O2S.C2H6/c1-27(25(29-3)16-26-28(2)22-12-5-6-13-23(22)30-26)19-10-8-9-18(15-19)21-17-31-24-14-7-4-11-20(21)24;1-2/h4-17H,1-3H3;1-2H3/q+1;. The van der Waals surface area contributed by atoms with Gasteiger partial charge in [-0.25, -0.2) is 0 Å². The fraction of sp³-hybridized carbons (Fsp3) is 0.179. The Kier molecular flexibility index (Phi) is 6.80. The van der Waals surface area contributed by atoms with E-state index in [-0.39, 0.29) is 0 Å². The summed E-state index contributed by atoms with van der Waals surface area (Å²) in [5.41, 5.74) is 5.37. The lowest BCUT2D eigenvalue weighted by Gasteiger charge is -2.21. The van der Waals surface area contributed by atoms with Crippen LogP contribution in [0.4, 0.5) is 5.69 Å². The number of thiophene rings is 1. The van der Waals surface area contributed by atoms with Crippen molar-refractivity contribution in [1.82, 2.24) is 0 Å². The van der Waals surface area contributed by atoms with Crippen molar-refractivity contribution in [3.63, 3.8) is 0 Å². The third kappa shape index (κ3) is 4.37. The molecule has 0 saturated carbocycles. The Hall–Kier alpha value is -3.57. The summed E-state index contributed by atoms with van der Waals surface area (Å²) in [5.74, 6) is 1.42. The van der Waals surface area contributed by atoms with Gasteiger partial charge >= 0.3 is 5.89 Å². The molecule has 0 N–H and O–H groups in total. The van der Waals surface area contributed by atoms with E-state index in [1.165, 1.54) is 21.2 Å². The Morgan fingerprint density at radius 2 is 1.76 bits per heavy atom. The number of hydrogen-bond donors (Lipinski definition) is 0. The molecule has 33 heavy (non-hydrogen) atoms. The molecule has 0 unspecified atom stereocenters. The van der Waals surface area contributed by atoms with Crippen LogP contribution in [0.15, 0.2) is 88.5 Å². The SMILES string of the molecule is CC.COC(=Cc1oc2ccccc2[n+]1C)N(C)c1cccc(-c2csc3ccccc23)c1. The van der Waals surface area contributed by atoms with Gasteiger partial charge in [0.2, 0.25) is 11.5 Å².